The number of carbonyl (C=O) groups is 2. The number of carbonyl (C=O) groups excluding carboxylic acids is 2. The SMILES string of the molecule is CC(NC(=O)c1ccnc(CN)c1)C(=O)NC1CC1. The van der Waals surface area contributed by atoms with Gasteiger partial charge in [0.15, 0.2) is 0 Å². The topological polar surface area (TPSA) is 97.1 Å². The van der Waals surface area contributed by atoms with Crippen LogP contribution in [-0.4, -0.2) is 28.9 Å². The van der Waals surface area contributed by atoms with Crippen molar-refractivity contribution in [3.8, 4) is 0 Å². The maximum atomic E-state index is 12.0. The van der Waals surface area contributed by atoms with E-state index in [0.29, 0.717) is 11.3 Å². The molecular weight excluding hydrogens is 244 g/mol. The summed E-state index contributed by atoms with van der Waals surface area (Å²) in [6.45, 7) is 1.94. The Labute approximate surface area is 111 Å². The van der Waals surface area contributed by atoms with Crippen molar-refractivity contribution < 1.29 is 9.59 Å². The van der Waals surface area contributed by atoms with E-state index >= 15 is 0 Å². The molecule has 19 heavy (non-hydrogen) atoms. The highest BCUT2D eigenvalue weighted by Gasteiger charge is 2.26. The largest absolute Gasteiger partial charge is 0.352 e. The van der Waals surface area contributed by atoms with Crippen molar-refractivity contribution in [2.24, 2.45) is 5.73 Å². The van der Waals surface area contributed by atoms with Crippen LogP contribution >= 0.6 is 0 Å². The number of nitrogens with two attached hydrogens (primary N) is 1. The second-order valence-corrected chi connectivity index (χ2v) is 4.72. The molecule has 1 aliphatic carbocycles. The summed E-state index contributed by atoms with van der Waals surface area (Å²) in [5.74, 6) is -0.445. The zero-order valence-electron chi connectivity index (χ0n) is 10.8. The zero-order valence-corrected chi connectivity index (χ0v) is 10.8. The van der Waals surface area contributed by atoms with E-state index in [4.69, 9.17) is 5.73 Å². The number of hydrogen-bond acceptors (Lipinski definition) is 4. The molecule has 4 N–H and O–H groups in total. The number of nitrogens with zero attached hydrogens (tertiary/aromatic N) is 1. The van der Waals surface area contributed by atoms with Crippen molar-refractivity contribution in [1.82, 2.24) is 15.6 Å². The van der Waals surface area contributed by atoms with Crippen LogP contribution in [0, 0.1) is 0 Å². The molecule has 1 heterocycles. The third-order valence-electron chi connectivity index (χ3n) is 2.95. The van der Waals surface area contributed by atoms with Gasteiger partial charge in [-0.3, -0.25) is 14.6 Å². The van der Waals surface area contributed by atoms with Crippen LogP contribution in [0.5, 0.6) is 0 Å². The van der Waals surface area contributed by atoms with E-state index in [1.807, 2.05) is 0 Å². The average Bonchev–Trinajstić information content (AvgIpc) is 3.22. The molecule has 6 heteroatoms. The monoisotopic (exact) mass is 262 g/mol. The van der Waals surface area contributed by atoms with Gasteiger partial charge in [0.2, 0.25) is 5.91 Å². The highest BCUT2D eigenvalue weighted by molar-refractivity contribution is 5.97. The molecule has 1 unspecified atom stereocenters. The number of amides is 2. The molecule has 1 aliphatic rings. The smallest absolute Gasteiger partial charge is 0.252 e. The van der Waals surface area contributed by atoms with Crippen LogP contribution in [0.25, 0.3) is 0 Å². The fraction of sp³-hybridized carbons (Fsp3) is 0.462. The van der Waals surface area contributed by atoms with Crippen molar-refractivity contribution in [2.45, 2.75) is 38.4 Å². The van der Waals surface area contributed by atoms with E-state index in [1.54, 1.807) is 19.1 Å². The van der Waals surface area contributed by atoms with Gasteiger partial charge >= 0.3 is 0 Å². The second kappa shape index (κ2) is 5.79. The summed E-state index contributed by atoms with van der Waals surface area (Å²) in [6, 6.07) is 2.96. The Hall–Kier alpha value is -1.95. The molecule has 0 radical (unpaired) electrons. The fourth-order valence-corrected chi connectivity index (χ4v) is 1.63. The van der Waals surface area contributed by atoms with Crippen molar-refractivity contribution >= 4 is 11.8 Å². The lowest BCUT2D eigenvalue weighted by molar-refractivity contribution is -0.122. The number of hydrogen-bond donors (Lipinski definition) is 3. The molecule has 2 rings (SSSR count). The first-order valence-electron chi connectivity index (χ1n) is 6.36. The van der Waals surface area contributed by atoms with Gasteiger partial charge in [-0.25, -0.2) is 0 Å². The lowest BCUT2D eigenvalue weighted by atomic mass is 10.2. The number of rotatable bonds is 5. The van der Waals surface area contributed by atoms with Crippen molar-refractivity contribution in [3.05, 3.63) is 29.6 Å². The second-order valence-electron chi connectivity index (χ2n) is 4.72. The average molecular weight is 262 g/mol. The van der Waals surface area contributed by atoms with Gasteiger partial charge in [-0.05, 0) is 31.9 Å². The Balaban J connectivity index is 1.93. The molecular formula is C13H18N4O2. The molecule has 102 valence electrons. The van der Waals surface area contributed by atoms with E-state index in [9.17, 15) is 9.59 Å². The molecule has 0 aromatic carbocycles. The van der Waals surface area contributed by atoms with E-state index in [1.165, 1.54) is 6.20 Å². The number of nitrogens with one attached hydrogen (secondary N) is 2. The van der Waals surface area contributed by atoms with Gasteiger partial charge in [-0.1, -0.05) is 0 Å². The molecule has 0 spiro atoms. The summed E-state index contributed by atoms with van der Waals surface area (Å²) in [7, 11) is 0. The summed E-state index contributed by atoms with van der Waals surface area (Å²) in [5, 5.41) is 5.51. The highest BCUT2D eigenvalue weighted by atomic mass is 16.2. The fourth-order valence-electron chi connectivity index (χ4n) is 1.63. The predicted octanol–water partition coefficient (Wildman–Crippen LogP) is -0.0628. The summed E-state index contributed by atoms with van der Waals surface area (Å²) >= 11 is 0. The lowest BCUT2D eigenvalue weighted by Gasteiger charge is -2.14. The minimum absolute atomic E-state index is 0.149. The maximum Gasteiger partial charge on any atom is 0.252 e. The van der Waals surface area contributed by atoms with Gasteiger partial charge in [0.1, 0.15) is 6.04 Å². The van der Waals surface area contributed by atoms with Crippen molar-refractivity contribution in [1.29, 1.82) is 0 Å². The zero-order chi connectivity index (χ0) is 13.8. The van der Waals surface area contributed by atoms with Gasteiger partial charge in [0.25, 0.3) is 5.91 Å². The van der Waals surface area contributed by atoms with Crippen molar-refractivity contribution in [2.75, 3.05) is 0 Å². The standard InChI is InChI=1S/C13H18N4O2/c1-8(12(18)17-10-2-3-10)16-13(19)9-4-5-15-11(6-9)7-14/h4-6,8,10H,2-3,7,14H2,1H3,(H,16,19)(H,17,18). The summed E-state index contributed by atoms with van der Waals surface area (Å²) in [5.41, 5.74) is 6.57. The normalized spacial score (nSPS) is 15.7. The Bertz CT molecular complexity index is 485. The molecule has 1 atom stereocenters. The molecule has 1 aromatic rings. The molecule has 2 amide bonds. The molecule has 0 bridgehead atoms. The lowest BCUT2D eigenvalue weighted by Crippen LogP contribution is -2.45. The Morgan fingerprint density at radius 2 is 2.26 bits per heavy atom. The predicted molar refractivity (Wildman–Crippen MR) is 70.2 cm³/mol. The quantitative estimate of drug-likeness (QED) is 0.692. The molecule has 0 aliphatic heterocycles. The molecule has 1 fully saturated rings. The highest BCUT2D eigenvalue weighted by Crippen LogP contribution is 2.18. The maximum absolute atomic E-state index is 12.0. The molecule has 6 nitrogen and oxygen atoms in total. The summed E-state index contributed by atoms with van der Waals surface area (Å²) in [6.07, 6.45) is 3.58. The van der Waals surface area contributed by atoms with Gasteiger partial charge in [-0.15, -0.1) is 0 Å². The van der Waals surface area contributed by atoms with Crippen LogP contribution in [-0.2, 0) is 11.3 Å². The van der Waals surface area contributed by atoms with Gasteiger partial charge in [0, 0.05) is 24.3 Å². The van der Waals surface area contributed by atoms with Gasteiger partial charge in [-0.2, -0.15) is 0 Å². The minimum atomic E-state index is -0.553. The first-order chi connectivity index (χ1) is 9.10. The number of aromatic nitrogens is 1. The van der Waals surface area contributed by atoms with Crippen LogP contribution in [0.4, 0.5) is 0 Å². The Kier molecular flexibility index (Phi) is 4.11. The Morgan fingerprint density at radius 1 is 1.53 bits per heavy atom. The number of pyridine rings is 1. The van der Waals surface area contributed by atoms with Crippen LogP contribution in [0.3, 0.4) is 0 Å². The van der Waals surface area contributed by atoms with Crippen LogP contribution in [0.2, 0.25) is 0 Å². The molecule has 1 aromatic heterocycles. The summed E-state index contributed by atoms with van der Waals surface area (Å²) < 4.78 is 0. The third kappa shape index (κ3) is 3.75. The van der Waals surface area contributed by atoms with E-state index in [0.717, 1.165) is 12.8 Å². The van der Waals surface area contributed by atoms with Crippen LogP contribution in [0.1, 0.15) is 35.8 Å². The van der Waals surface area contributed by atoms with E-state index in [-0.39, 0.29) is 24.4 Å². The van der Waals surface area contributed by atoms with Gasteiger partial charge in [0.05, 0.1) is 5.69 Å². The minimum Gasteiger partial charge on any atom is -0.352 e. The van der Waals surface area contributed by atoms with Crippen molar-refractivity contribution in [3.63, 3.8) is 0 Å². The first-order valence-corrected chi connectivity index (χ1v) is 6.36. The van der Waals surface area contributed by atoms with Crippen LogP contribution < -0.4 is 16.4 Å². The van der Waals surface area contributed by atoms with E-state index in [2.05, 4.69) is 15.6 Å². The van der Waals surface area contributed by atoms with Gasteiger partial charge < -0.3 is 16.4 Å². The van der Waals surface area contributed by atoms with Crippen LogP contribution in [0.15, 0.2) is 18.3 Å². The first kappa shape index (κ1) is 13.5. The van der Waals surface area contributed by atoms with E-state index < -0.39 is 6.04 Å². The Morgan fingerprint density at radius 3 is 2.89 bits per heavy atom. The third-order valence-corrected chi connectivity index (χ3v) is 2.95. The summed E-state index contributed by atoms with van der Waals surface area (Å²) in [4.78, 5) is 27.7. The molecule has 0 saturated heterocycles. The molecule has 1 saturated carbocycles.